The Balaban J connectivity index is 1.33. The van der Waals surface area contributed by atoms with Crippen LogP contribution in [0.2, 0.25) is 0 Å². The van der Waals surface area contributed by atoms with Crippen molar-refractivity contribution in [2.45, 2.75) is 71.1 Å². The molecule has 0 bridgehead atoms. The minimum absolute atomic E-state index is 0.527. The SMILES string of the molecule is CCn1nc(C)nc1-c1cn2c(n1)-c1cnc(N3CCCC3C3CCCCN3C)cc1OCC2. The third kappa shape index (κ3) is 3.66. The van der Waals surface area contributed by atoms with Gasteiger partial charge in [-0.3, -0.25) is 0 Å². The molecule has 0 aromatic carbocycles. The molecule has 0 N–H and O–H groups in total. The van der Waals surface area contributed by atoms with E-state index in [0.29, 0.717) is 18.7 Å². The number of hydrogen-bond donors (Lipinski definition) is 0. The van der Waals surface area contributed by atoms with Crippen molar-refractivity contribution in [3.05, 3.63) is 24.3 Å². The topological polar surface area (TPSA) is 77.1 Å². The maximum atomic E-state index is 6.21. The molecule has 6 rings (SSSR count). The van der Waals surface area contributed by atoms with Gasteiger partial charge in [0.2, 0.25) is 0 Å². The molecule has 180 valence electrons. The van der Waals surface area contributed by atoms with Crippen LogP contribution in [-0.4, -0.2) is 73.0 Å². The Kier molecular flexibility index (Phi) is 5.51. The number of hydrogen-bond acceptors (Lipinski definition) is 7. The van der Waals surface area contributed by atoms with Crippen molar-refractivity contribution in [1.82, 2.24) is 34.2 Å². The molecular formula is C25H34N8O. The van der Waals surface area contributed by atoms with Crippen molar-refractivity contribution in [3.63, 3.8) is 0 Å². The Morgan fingerprint density at radius 2 is 1.91 bits per heavy atom. The third-order valence-corrected chi connectivity index (χ3v) is 7.63. The predicted molar refractivity (Wildman–Crippen MR) is 131 cm³/mol. The molecule has 2 atom stereocenters. The Morgan fingerprint density at radius 1 is 1.03 bits per heavy atom. The van der Waals surface area contributed by atoms with Gasteiger partial charge in [0.05, 0.1) is 12.1 Å². The Hall–Kier alpha value is -2.94. The highest BCUT2D eigenvalue weighted by atomic mass is 16.5. The van der Waals surface area contributed by atoms with Crippen LogP contribution in [0.4, 0.5) is 5.82 Å². The van der Waals surface area contributed by atoms with E-state index in [9.17, 15) is 0 Å². The molecule has 2 unspecified atom stereocenters. The molecule has 9 heteroatoms. The highest BCUT2D eigenvalue weighted by Crippen LogP contribution is 2.38. The second kappa shape index (κ2) is 8.69. The van der Waals surface area contributed by atoms with Gasteiger partial charge in [-0.15, -0.1) is 0 Å². The normalized spacial score (nSPS) is 22.9. The Bertz CT molecular complexity index is 1180. The first-order chi connectivity index (χ1) is 16.6. The summed E-state index contributed by atoms with van der Waals surface area (Å²) in [6.07, 6.45) is 10.4. The standard InChI is InChI=1S/C25H34N8O/c1-4-33-25(27-17(2)29-33)19-16-31-12-13-34-22-14-23(26-15-18(22)24(31)28-19)32-11-7-9-21(32)20-8-5-6-10-30(20)3/h14-16,20-21H,4-13H2,1-3H3. The van der Waals surface area contributed by atoms with Gasteiger partial charge in [-0.25, -0.2) is 19.6 Å². The Morgan fingerprint density at radius 3 is 2.76 bits per heavy atom. The van der Waals surface area contributed by atoms with Crippen LogP contribution in [-0.2, 0) is 13.1 Å². The molecule has 0 spiro atoms. The first-order valence-corrected chi connectivity index (χ1v) is 12.7. The van der Waals surface area contributed by atoms with Crippen LogP contribution in [0.25, 0.3) is 22.9 Å². The number of anilines is 1. The number of aryl methyl sites for hydroxylation is 2. The van der Waals surface area contributed by atoms with E-state index < -0.39 is 0 Å². The highest BCUT2D eigenvalue weighted by molar-refractivity contribution is 5.69. The number of imidazole rings is 1. The van der Waals surface area contributed by atoms with Crippen molar-refractivity contribution in [2.75, 3.05) is 31.6 Å². The van der Waals surface area contributed by atoms with Crippen molar-refractivity contribution in [2.24, 2.45) is 0 Å². The lowest BCUT2D eigenvalue weighted by Crippen LogP contribution is -2.50. The maximum absolute atomic E-state index is 6.21. The number of pyridine rings is 1. The number of ether oxygens (including phenoxy) is 1. The fourth-order valence-corrected chi connectivity index (χ4v) is 5.96. The predicted octanol–water partition coefficient (Wildman–Crippen LogP) is 3.38. The average Bonchev–Trinajstić information content (AvgIpc) is 3.55. The molecule has 3 aromatic rings. The van der Waals surface area contributed by atoms with Gasteiger partial charge in [-0.05, 0) is 53.1 Å². The quantitative estimate of drug-likeness (QED) is 0.588. The molecule has 0 radical (unpaired) electrons. The van der Waals surface area contributed by atoms with Crippen LogP contribution in [0.3, 0.4) is 0 Å². The van der Waals surface area contributed by atoms with Gasteiger partial charge < -0.3 is 19.1 Å². The van der Waals surface area contributed by atoms with Crippen LogP contribution < -0.4 is 9.64 Å². The summed E-state index contributed by atoms with van der Waals surface area (Å²) in [6, 6.07) is 3.27. The van der Waals surface area contributed by atoms with E-state index in [0.717, 1.165) is 59.9 Å². The first-order valence-electron chi connectivity index (χ1n) is 12.7. The van der Waals surface area contributed by atoms with Gasteiger partial charge in [0.15, 0.2) is 5.82 Å². The molecule has 34 heavy (non-hydrogen) atoms. The molecule has 6 heterocycles. The van der Waals surface area contributed by atoms with E-state index in [1.54, 1.807) is 0 Å². The van der Waals surface area contributed by atoms with E-state index in [4.69, 9.17) is 14.7 Å². The van der Waals surface area contributed by atoms with Crippen LogP contribution in [0.1, 0.15) is 44.9 Å². The minimum atomic E-state index is 0.527. The molecule has 3 aliphatic rings. The number of nitrogens with zero attached hydrogens (tertiary/aromatic N) is 8. The summed E-state index contributed by atoms with van der Waals surface area (Å²) in [5.74, 6) is 4.36. The summed E-state index contributed by atoms with van der Waals surface area (Å²) in [6.45, 7) is 8.36. The molecule has 0 saturated carbocycles. The molecule has 3 aliphatic heterocycles. The van der Waals surface area contributed by atoms with Gasteiger partial charge in [-0.2, -0.15) is 5.10 Å². The summed E-state index contributed by atoms with van der Waals surface area (Å²) in [7, 11) is 2.28. The lowest BCUT2D eigenvalue weighted by Gasteiger charge is -2.40. The van der Waals surface area contributed by atoms with Crippen LogP contribution in [0.5, 0.6) is 5.75 Å². The first kappa shape index (κ1) is 21.6. The summed E-state index contributed by atoms with van der Waals surface area (Å²) in [4.78, 5) is 19.6. The summed E-state index contributed by atoms with van der Waals surface area (Å²) in [5, 5.41) is 4.49. The molecular weight excluding hydrogens is 428 g/mol. The van der Waals surface area contributed by atoms with Crippen molar-refractivity contribution in [1.29, 1.82) is 0 Å². The fraction of sp³-hybridized carbons (Fsp3) is 0.600. The largest absolute Gasteiger partial charge is 0.491 e. The second-order valence-electron chi connectivity index (χ2n) is 9.78. The summed E-state index contributed by atoms with van der Waals surface area (Å²) >= 11 is 0. The molecule has 3 aromatic heterocycles. The van der Waals surface area contributed by atoms with E-state index in [2.05, 4.69) is 50.7 Å². The van der Waals surface area contributed by atoms with Crippen molar-refractivity contribution < 1.29 is 4.74 Å². The lowest BCUT2D eigenvalue weighted by atomic mass is 9.94. The Labute approximate surface area is 200 Å². The second-order valence-corrected chi connectivity index (χ2v) is 9.78. The molecule has 0 aliphatic carbocycles. The van der Waals surface area contributed by atoms with Crippen molar-refractivity contribution >= 4 is 5.82 Å². The maximum Gasteiger partial charge on any atom is 0.178 e. The van der Waals surface area contributed by atoms with Gasteiger partial charge in [0.1, 0.15) is 35.5 Å². The molecule has 0 amide bonds. The lowest BCUT2D eigenvalue weighted by molar-refractivity contribution is 0.160. The van der Waals surface area contributed by atoms with Crippen molar-refractivity contribution in [3.8, 4) is 28.7 Å². The molecule has 2 saturated heterocycles. The van der Waals surface area contributed by atoms with Crippen LogP contribution >= 0.6 is 0 Å². The minimum Gasteiger partial charge on any atom is -0.491 e. The number of rotatable bonds is 4. The number of likely N-dealkylation sites (N-methyl/N-ethyl adjacent to an activating group) is 1. The molecule has 2 fully saturated rings. The van der Waals surface area contributed by atoms with Gasteiger partial charge in [0, 0.05) is 43.6 Å². The number of piperidine rings is 1. The van der Waals surface area contributed by atoms with E-state index in [-0.39, 0.29) is 0 Å². The van der Waals surface area contributed by atoms with Gasteiger partial charge >= 0.3 is 0 Å². The summed E-state index contributed by atoms with van der Waals surface area (Å²) < 4.78 is 10.3. The zero-order valence-corrected chi connectivity index (χ0v) is 20.4. The number of aromatic nitrogens is 6. The van der Waals surface area contributed by atoms with E-state index >= 15 is 0 Å². The third-order valence-electron chi connectivity index (χ3n) is 7.63. The van der Waals surface area contributed by atoms with Gasteiger partial charge in [0.25, 0.3) is 0 Å². The van der Waals surface area contributed by atoms with E-state index in [1.165, 1.54) is 38.6 Å². The number of likely N-dealkylation sites (tertiary alicyclic amines) is 1. The fourth-order valence-electron chi connectivity index (χ4n) is 5.96. The smallest absolute Gasteiger partial charge is 0.178 e. The summed E-state index contributed by atoms with van der Waals surface area (Å²) in [5.41, 5.74) is 1.78. The number of fused-ring (bicyclic) bond motifs is 3. The average molecular weight is 463 g/mol. The van der Waals surface area contributed by atoms with Crippen LogP contribution in [0.15, 0.2) is 18.5 Å². The monoisotopic (exact) mass is 462 g/mol. The van der Waals surface area contributed by atoms with E-state index in [1.807, 2.05) is 17.8 Å². The van der Waals surface area contributed by atoms with Gasteiger partial charge in [-0.1, -0.05) is 6.42 Å². The molecule has 9 nitrogen and oxygen atoms in total. The van der Waals surface area contributed by atoms with Crippen LogP contribution in [0, 0.1) is 6.92 Å². The zero-order chi connectivity index (χ0) is 23.2. The zero-order valence-electron chi connectivity index (χ0n) is 20.4. The highest BCUT2D eigenvalue weighted by Gasteiger charge is 2.36.